The topological polar surface area (TPSA) is 33.3 Å². The number of nitrogens with one attached hydrogen (secondary N) is 2. The third kappa shape index (κ3) is 5.30. The van der Waals surface area contributed by atoms with Crippen molar-refractivity contribution in [2.45, 2.75) is 31.5 Å². The van der Waals surface area contributed by atoms with E-state index in [4.69, 9.17) is 11.6 Å². The van der Waals surface area contributed by atoms with Crippen molar-refractivity contribution in [3.8, 4) is 5.75 Å². The number of ether oxygens (including phenoxy) is 1. The third-order valence-electron chi connectivity index (χ3n) is 4.71. The maximum Gasteiger partial charge on any atom is 0.456 e. The van der Waals surface area contributed by atoms with E-state index in [-0.39, 0.29) is 5.75 Å². The molecule has 0 atom stereocenters. The van der Waals surface area contributed by atoms with Crippen LogP contribution in [0.4, 0.5) is 27.6 Å². The van der Waals surface area contributed by atoms with Gasteiger partial charge in [-0.1, -0.05) is 29.8 Å². The van der Waals surface area contributed by atoms with E-state index in [2.05, 4.69) is 15.4 Å². The van der Waals surface area contributed by atoms with Crippen LogP contribution in [0.15, 0.2) is 36.4 Å². The monoisotopic (exact) mass is 434 g/mol. The summed E-state index contributed by atoms with van der Waals surface area (Å²) in [5.41, 5.74) is 4.06. The second-order valence-corrected chi connectivity index (χ2v) is 7.21. The summed E-state index contributed by atoms with van der Waals surface area (Å²) in [7, 11) is 0. The van der Waals surface area contributed by atoms with Crippen LogP contribution < -0.4 is 15.4 Å². The van der Waals surface area contributed by atoms with Gasteiger partial charge >= 0.3 is 12.1 Å². The van der Waals surface area contributed by atoms with Gasteiger partial charge in [-0.15, -0.1) is 0 Å². The van der Waals surface area contributed by atoms with E-state index in [9.17, 15) is 22.0 Å². The first-order chi connectivity index (χ1) is 13.7. The molecule has 0 unspecified atom stereocenters. The molecule has 1 aliphatic heterocycles. The quantitative estimate of drug-likeness (QED) is 0.612. The standard InChI is InChI=1S/C20H20ClF5N2O/c21-17-6-3-14-7-9-27-10-8-16(14)18(17)28-11-13-1-4-15(5-2-13)29-12-19(22,23)20(24,25)26/h1-6,27-28H,7-12H2. The van der Waals surface area contributed by atoms with E-state index < -0.39 is 18.7 Å². The fourth-order valence-corrected chi connectivity index (χ4v) is 3.33. The number of rotatable bonds is 6. The van der Waals surface area contributed by atoms with Gasteiger partial charge in [-0.05, 0) is 60.8 Å². The maximum absolute atomic E-state index is 12.9. The van der Waals surface area contributed by atoms with Crippen molar-refractivity contribution in [1.82, 2.24) is 5.32 Å². The average Bonchev–Trinajstić information content (AvgIpc) is 2.91. The van der Waals surface area contributed by atoms with Crippen LogP contribution in [0.1, 0.15) is 16.7 Å². The molecule has 3 nitrogen and oxygen atoms in total. The van der Waals surface area contributed by atoms with Crippen LogP contribution in [0.2, 0.25) is 5.02 Å². The van der Waals surface area contributed by atoms with Gasteiger partial charge in [-0.25, -0.2) is 0 Å². The van der Waals surface area contributed by atoms with E-state index in [0.717, 1.165) is 42.7 Å². The van der Waals surface area contributed by atoms with Crippen molar-refractivity contribution in [2.24, 2.45) is 0 Å². The Morgan fingerprint density at radius 3 is 2.34 bits per heavy atom. The molecule has 2 aromatic rings. The van der Waals surface area contributed by atoms with Crippen LogP contribution in [0.3, 0.4) is 0 Å². The molecule has 3 rings (SSSR count). The fraction of sp³-hybridized carbons (Fsp3) is 0.400. The van der Waals surface area contributed by atoms with Gasteiger partial charge in [-0.2, -0.15) is 22.0 Å². The smallest absolute Gasteiger partial charge is 0.456 e. The molecule has 0 aromatic heterocycles. The highest BCUT2D eigenvalue weighted by molar-refractivity contribution is 6.33. The number of benzene rings is 2. The van der Waals surface area contributed by atoms with Gasteiger partial charge < -0.3 is 15.4 Å². The Morgan fingerprint density at radius 2 is 1.66 bits per heavy atom. The summed E-state index contributed by atoms with van der Waals surface area (Å²) in [6, 6.07) is 9.81. The average molecular weight is 435 g/mol. The molecule has 0 fully saturated rings. The first-order valence-electron chi connectivity index (χ1n) is 9.08. The van der Waals surface area contributed by atoms with Gasteiger partial charge in [0, 0.05) is 6.54 Å². The number of anilines is 1. The molecular formula is C20H20ClF5N2O. The van der Waals surface area contributed by atoms with Gasteiger partial charge in [0.05, 0.1) is 10.7 Å². The highest BCUT2D eigenvalue weighted by Crippen LogP contribution is 2.36. The van der Waals surface area contributed by atoms with Crippen molar-refractivity contribution in [2.75, 3.05) is 25.0 Å². The van der Waals surface area contributed by atoms with Crippen LogP contribution >= 0.6 is 11.6 Å². The summed E-state index contributed by atoms with van der Waals surface area (Å²) < 4.78 is 67.0. The molecular weight excluding hydrogens is 415 g/mol. The lowest BCUT2D eigenvalue weighted by Gasteiger charge is -2.20. The van der Waals surface area contributed by atoms with Crippen LogP contribution in [0.25, 0.3) is 0 Å². The van der Waals surface area contributed by atoms with Gasteiger partial charge in [0.25, 0.3) is 0 Å². The van der Waals surface area contributed by atoms with Crippen molar-refractivity contribution in [3.63, 3.8) is 0 Å². The van der Waals surface area contributed by atoms with E-state index in [0.29, 0.717) is 11.6 Å². The van der Waals surface area contributed by atoms with Crippen molar-refractivity contribution in [1.29, 1.82) is 0 Å². The second kappa shape index (κ2) is 8.75. The molecule has 1 heterocycles. The van der Waals surface area contributed by atoms with Gasteiger partial charge in [0.15, 0.2) is 6.61 Å². The van der Waals surface area contributed by atoms with Gasteiger partial charge in [0.1, 0.15) is 5.75 Å². The number of fused-ring (bicyclic) bond motifs is 1. The lowest BCUT2D eigenvalue weighted by atomic mass is 10.0. The zero-order valence-electron chi connectivity index (χ0n) is 15.4. The molecule has 158 valence electrons. The SMILES string of the molecule is FC(F)(F)C(F)(F)COc1ccc(CNc2c(Cl)ccc3c2CCNCC3)cc1. The second-order valence-electron chi connectivity index (χ2n) is 6.80. The molecule has 0 amide bonds. The molecule has 0 spiro atoms. The molecule has 0 saturated heterocycles. The van der Waals surface area contributed by atoms with Gasteiger partial charge in [0.2, 0.25) is 0 Å². The highest BCUT2D eigenvalue weighted by Gasteiger charge is 2.58. The predicted molar refractivity (Wildman–Crippen MR) is 102 cm³/mol. The van der Waals surface area contributed by atoms with Crippen LogP contribution in [0.5, 0.6) is 5.75 Å². The zero-order valence-corrected chi connectivity index (χ0v) is 16.1. The first-order valence-corrected chi connectivity index (χ1v) is 9.46. The summed E-state index contributed by atoms with van der Waals surface area (Å²) in [4.78, 5) is 0. The van der Waals surface area contributed by atoms with Crippen molar-refractivity contribution in [3.05, 3.63) is 58.1 Å². The van der Waals surface area contributed by atoms with Gasteiger partial charge in [-0.3, -0.25) is 0 Å². The molecule has 1 aliphatic rings. The van der Waals surface area contributed by atoms with E-state index in [1.54, 1.807) is 12.1 Å². The maximum atomic E-state index is 12.9. The first kappa shape index (κ1) is 21.6. The van der Waals surface area contributed by atoms with Crippen LogP contribution in [0, 0.1) is 0 Å². The Hall–Kier alpha value is -2.06. The Kier molecular flexibility index (Phi) is 6.53. The van der Waals surface area contributed by atoms with E-state index in [1.165, 1.54) is 17.7 Å². The molecule has 2 aromatic carbocycles. The zero-order chi connectivity index (χ0) is 21.1. The van der Waals surface area contributed by atoms with Crippen molar-refractivity contribution < 1.29 is 26.7 Å². The summed E-state index contributed by atoms with van der Waals surface area (Å²) >= 11 is 6.36. The largest absolute Gasteiger partial charge is 0.487 e. The molecule has 0 aliphatic carbocycles. The minimum Gasteiger partial charge on any atom is -0.487 e. The minimum absolute atomic E-state index is 0.0599. The number of hydrogen-bond acceptors (Lipinski definition) is 3. The number of alkyl halides is 5. The number of halogens is 6. The fourth-order valence-electron chi connectivity index (χ4n) is 3.08. The third-order valence-corrected chi connectivity index (χ3v) is 5.02. The van der Waals surface area contributed by atoms with E-state index in [1.807, 2.05) is 12.1 Å². The molecule has 9 heteroatoms. The normalized spacial score (nSPS) is 14.8. The molecule has 0 radical (unpaired) electrons. The lowest BCUT2D eigenvalue weighted by Crippen LogP contribution is -2.41. The van der Waals surface area contributed by atoms with E-state index >= 15 is 0 Å². The Balaban J connectivity index is 1.63. The summed E-state index contributed by atoms with van der Waals surface area (Å²) in [5, 5.41) is 7.27. The molecule has 0 saturated carbocycles. The molecule has 29 heavy (non-hydrogen) atoms. The minimum atomic E-state index is -5.64. The Bertz CT molecular complexity index is 840. The summed E-state index contributed by atoms with van der Waals surface area (Å²) in [6.07, 6.45) is -3.88. The number of hydrogen-bond donors (Lipinski definition) is 2. The van der Waals surface area contributed by atoms with Crippen molar-refractivity contribution >= 4 is 17.3 Å². The summed E-state index contributed by atoms with van der Waals surface area (Å²) in [6.45, 7) is 0.427. The Labute approximate surface area is 170 Å². The highest BCUT2D eigenvalue weighted by atomic mass is 35.5. The van der Waals surface area contributed by atoms with Crippen LogP contribution in [-0.4, -0.2) is 31.8 Å². The van der Waals surface area contributed by atoms with Crippen LogP contribution in [-0.2, 0) is 19.4 Å². The molecule has 0 bridgehead atoms. The molecule has 2 N–H and O–H groups in total. The lowest BCUT2D eigenvalue weighted by molar-refractivity contribution is -0.290. The predicted octanol–water partition coefficient (Wildman–Crippen LogP) is 5.22. The Morgan fingerprint density at radius 1 is 0.966 bits per heavy atom. The summed E-state index contributed by atoms with van der Waals surface area (Å²) in [5.74, 6) is -4.96.